The van der Waals surface area contributed by atoms with Gasteiger partial charge in [0.25, 0.3) is 5.91 Å². The number of hydrogen-bond donors (Lipinski definition) is 2. The lowest BCUT2D eigenvalue weighted by Gasteiger charge is -2.11. The van der Waals surface area contributed by atoms with E-state index in [4.69, 9.17) is 11.6 Å². The van der Waals surface area contributed by atoms with Gasteiger partial charge in [-0.2, -0.15) is 5.10 Å². The van der Waals surface area contributed by atoms with Gasteiger partial charge < -0.3 is 10.6 Å². The summed E-state index contributed by atoms with van der Waals surface area (Å²) in [6.45, 7) is 4.11. The number of rotatable bonds is 7. The van der Waals surface area contributed by atoms with Gasteiger partial charge in [0.05, 0.1) is 5.56 Å². The molecule has 6 heteroatoms. The Balaban J connectivity index is 1.88. The zero-order valence-electron chi connectivity index (χ0n) is 12.0. The number of benzene rings is 1. The molecule has 2 aromatic rings. The van der Waals surface area contributed by atoms with Gasteiger partial charge >= 0.3 is 0 Å². The predicted octanol–water partition coefficient (Wildman–Crippen LogP) is 2.79. The summed E-state index contributed by atoms with van der Waals surface area (Å²) < 4.78 is 1.84. The van der Waals surface area contributed by atoms with Gasteiger partial charge in [0.1, 0.15) is 0 Å². The molecule has 0 fully saturated rings. The lowest BCUT2D eigenvalue weighted by Crippen LogP contribution is -2.26. The first-order valence-corrected chi connectivity index (χ1v) is 7.37. The van der Waals surface area contributed by atoms with Gasteiger partial charge in [-0.15, -0.1) is 0 Å². The summed E-state index contributed by atoms with van der Waals surface area (Å²) in [7, 11) is 0. The van der Waals surface area contributed by atoms with E-state index in [1.54, 1.807) is 18.3 Å². The topological polar surface area (TPSA) is 59.0 Å². The van der Waals surface area contributed by atoms with E-state index in [0.717, 1.165) is 25.2 Å². The standard InChI is InChI=1S/C15H19ClN4O/c1-2-17-14-6-5-12(16)11-13(14)15(21)18-7-3-9-20-10-4-8-19-20/h4-6,8,10-11,17H,2-3,7,9H2,1H3,(H,18,21). The molecule has 21 heavy (non-hydrogen) atoms. The van der Waals surface area contributed by atoms with Crippen molar-refractivity contribution in [3.63, 3.8) is 0 Å². The summed E-state index contributed by atoms with van der Waals surface area (Å²) in [6, 6.07) is 7.16. The lowest BCUT2D eigenvalue weighted by atomic mass is 10.1. The van der Waals surface area contributed by atoms with Crippen LogP contribution in [0.2, 0.25) is 5.02 Å². The number of hydrogen-bond acceptors (Lipinski definition) is 3. The molecule has 0 aliphatic carbocycles. The van der Waals surface area contributed by atoms with Crippen molar-refractivity contribution in [2.24, 2.45) is 0 Å². The molecule has 5 nitrogen and oxygen atoms in total. The molecule has 1 heterocycles. The second-order valence-electron chi connectivity index (χ2n) is 4.60. The van der Waals surface area contributed by atoms with Crippen LogP contribution in [0.15, 0.2) is 36.7 Å². The summed E-state index contributed by atoms with van der Waals surface area (Å²) in [4.78, 5) is 12.2. The zero-order valence-corrected chi connectivity index (χ0v) is 12.7. The Morgan fingerprint density at radius 1 is 1.43 bits per heavy atom. The summed E-state index contributed by atoms with van der Waals surface area (Å²) >= 11 is 5.97. The first-order chi connectivity index (χ1) is 10.2. The third-order valence-electron chi connectivity index (χ3n) is 3.00. The van der Waals surface area contributed by atoms with E-state index < -0.39 is 0 Å². The van der Waals surface area contributed by atoms with E-state index >= 15 is 0 Å². The first-order valence-electron chi connectivity index (χ1n) is 6.99. The van der Waals surface area contributed by atoms with Crippen LogP contribution in [0.4, 0.5) is 5.69 Å². The van der Waals surface area contributed by atoms with Crippen molar-refractivity contribution in [2.75, 3.05) is 18.4 Å². The van der Waals surface area contributed by atoms with Crippen molar-refractivity contribution >= 4 is 23.2 Å². The van der Waals surface area contributed by atoms with Crippen molar-refractivity contribution in [1.29, 1.82) is 0 Å². The van der Waals surface area contributed by atoms with E-state index in [-0.39, 0.29) is 5.91 Å². The Kier molecular flexibility index (Phi) is 5.63. The van der Waals surface area contributed by atoms with E-state index in [1.807, 2.05) is 29.9 Å². The quantitative estimate of drug-likeness (QED) is 0.773. The zero-order chi connectivity index (χ0) is 15.1. The van der Waals surface area contributed by atoms with Crippen LogP contribution in [-0.2, 0) is 6.54 Å². The monoisotopic (exact) mass is 306 g/mol. The highest BCUT2D eigenvalue weighted by Gasteiger charge is 2.11. The smallest absolute Gasteiger partial charge is 0.253 e. The van der Waals surface area contributed by atoms with Gasteiger partial charge in [-0.05, 0) is 37.6 Å². The van der Waals surface area contributed by atoms with Crippen LogP contribution in [0.1, 0.15) is 23.7 Å². The Morgan fingerprint density at radius 3 is 3.00 bits per heavy atom. The number of aryl methyl sites for hydroxylation is 1. The molecule has 1 aromatic carbocycles. The van der Waals surface area contributed by atoms with Gasteiger partial charge in [-0.3, -0.25) is 9.48 Å². The molecule has 0 aliphatic rings. The number of nitrogens with zero attached hydrogens (tertiary/aromatic N) is 2. The summed E-state index contributed by atoms with van der Waals surface area (Å²) in [5.41, 5.74) is 1.37. The van der Waals surface area contributed by atoms with Crippen LogP contribution in [0.5, 0.6) is 0 Å². The number of aromatic nitrogens is 2. The number of amides is 1. The average molecular weight is 307 g/mol. The summed E-state index contributed by atoms with van der Waals surface area (Å²) in [6.07, 6.45) is 4.47. The van der Waals surface area contributed by atoms with E-state index in [1.165, 1.54) is 0 Å². The van der Waals surface area contributed by atoms with Gasteiger partial charge in [0.2, 0.25) is 0 Å². The molecule has 2 rings (SSSR count). The number of nitrogens with one attached hydrogen (secondary N) is 2. The van der Waals surface area contributed by atoms with Crippen molar-refractivity contribution in [1.82, 2.24) is 15.1 Å². The Labute approximate surface area is 129 Å². The Bertz CT molecular complexity index is 583. The lowest BCUT2D eigenvalue weighted by molar-refractivity contribution is 0.0953. The molecular formula is C15H19ClN4O. The first kappa shape index (κ1) is 15.4. The molecule has 0 radical (unpaired) electrons. The molecule has 0 atom stereocenters. The van der Waals surface area contributed by atoms with Crippen LogP contribution in [0, 0.1) is 0 Å². The minimum absolute atomic E-state index is 0.117. The Morgan fingerprint density at radius 2 is 2.29 bits per heavy atom. The summed E-state index contributed by atoms with van der Waals surface area (Å²) in [5.74, 6) is -0.117. The van der Waals surface area contributed by atoms with E-state index in [9.17, 15) is 4.79 Å². The minimum Gasteiger partial charge on any atom is -0.385 e. The van der Waals surface area contributed by atoms with Crippen molar-refractivity contribution < 1.29 is 4.79 Å². The SMILES string of the molecule is CCNc1ccc(Cl)cc1C(=O)NCCCn1cccn1. The number of carbonyl (C=O) groups is 1. The maximum absolute atomic E-state index is 12.2. The van der Waals surface area contributed by atoms with Crippen molar-refractivity contribution in [3.8, 4) is 0 Å². The average Bonchev–Trinajstić information content (AvgIpc) is 2.99. The molecule has 1 aromatic heterocycles. The van der Waals surface area contributed by atoms with Crippen molar-refractivity contribution in [3.05, 3.63) is 47.2 Å². The maximum atomic E-state index is 12.2. The van der Waals surface area contributed by atoms with Crippen LogP contribution in [0.25, 0.3) is 0 Å². The van der Waals surface area contributed by atoms with Crippen LogP contribution >= 0.6 is 11.6 Å². The highest BCUT2D eigenvalue weighted by molar-refractivity contribution is 6.31. The summed E-state index contributed by atoms with van der Waals surface area (Å²) in [5, 5.41) is 10.7. The normalized spacial score (nSPS) is 10.4. The van der Waals surface area contributed by atoms with Gasteiger partial charge in [0, 0.05) is 42.7 Å². The molecule has 0 aliphatic heterocycles. The predicted molar refractivity (Wildman–Crippen MR) is 84.8 cm³/mol. The molecular weight excluding hydrogens is 288 g/mol. The molecule has 2 N–H and O–H groups in total. The highest BCUT2D eigenvalue weighted by atomic mass is 35.5. The number of anilines is 1. The van der Waals surface area contributed by atoms with E-state index in [0.29, 0.717) is 17.1 Å². The fourth-order valence-corrected chi connectivity index (χ4v) is 2.19. The third-order valence-corrected chi connectivity index (χ3v) is 3.24. The highest BCUT2D eigenvalue weighted by Crippen LogP contribution is 2.20. The molecule has 0 bridgehead atoms. The molecule has 0 unspecified atom stereocenters. The van der Waals surface area contributed by atoms with Crippen LogP contribution in [0.3, 0.4) is 0 Å². The van der Waals surface area contributed by atoms with E-state index in [2.05, 4.69) is 15.7 Å². The molecule has 112 valence electrons. The largest absolute Gasteiger partial charge is 0.385 e. The minimum atomic E-state index is -0.117. The van der Waals surface area contributed by atoms with Gasteiger partial charge in [-0.25, -0.2) is 0 Å². The van der Waals surface area contributed by atoms with Crippen LogP contribution < -0.4 is 10.6 Å². The number of halogens is 1. The third kappa shape index (κ3) is 4.49. The number of carbonyl (C=O) groups excluding carboxylic acids is 1. The second-order valence-corrected chi connectivity index (χ2v) is 5.04. The molecule has 0 saturated heterocycles. The van der Waals surface area contributed by atoms with Crippen molar-refractivity contribution in [2.45, 2.75) is 19.9 Å². The fraction of sp³-hybridized carbons (Fsp3) is 0.333. The molecule has 0 saturated carbocycles. The molecule has 1 amide bonds. The maximum Gasteiger partial charge on any atom is 0.253 e. The fourth-order valence-electron chi connectivity index (χ4n) is 2.02. The van der Waals surface area contributed by atoms with Gasteiger partial charge in [-0.1, -0.05) is 11.6 Å². The van der Waals surface area contributed by atoms with Crippen LogP contribution in [-0.4, -0.2) is 28.8 Å². The molecule has 0 spiro atoms. The van der Waals surface area contributed by atoms with Gasteiger partial charge in [0.15, 0.2) is 0 Å². The Hall–Kier alpha value is -2.01. The second kappa shape index (κ2) is 7.69.